The number of rotatable bonds is 21. The molecule has 0 saturated carbocycles. The summed E-state index contributed by atoms with van der Waals surface area (Å²) in [5, 5.41) is 5.69. The molecule has 0 unspecified atom stereocenters. The molecule has 0 aliphatic carbocycles. The standard InChI is InChI=1S/C32H48N2O3/c1-2-3-4-5-6-7-8-9-10-11-12-13-14-15-19-26-31(35)34-29-24-20-21-25-30(29)37-27-33-32(36)28-22-17-16-18-23-28/h16-18,20-25H,2-15,19,26-27H2,1H3,(H,33,36)(H,34,35). The van der Waals surface area contributed by atoms with Crippen LogP contribution in [0.1, 0.15) is 120 Å². The Bertz CT molecular complexity index is 869. The Hall–Kier alpha value is -2.82. The number of unbranched alkanes of at least 4 members (excludes halogenated alkanes) is 14. The molecule has 37 heavy (non-hydrogen) atoms. The fourth-order valence-corrected chi connectivity index (χ4v) is 4.44. The number of nitrogens with one attached hydrogen (secondary N) is 2. The van der Waals surface area contributed by atoms with Gasteiger partial charge in [0.25, 0.3) is 5.91 Å². The van der Waals surface area contributed by atoms with Crippen molar-refractivity contribution in [3.63, 3.8) is 0 Å². The Balaban J connectivity index is 1.49. The number of hydrogen-bond acceptors (Lipinski definition) is 3. The average molecular weight is 509 g/mol. The summed E-state index contributed by atoms with van der Waals surface area (Å²) < 4.78 is 5.71. The van der Waals surface area contributed by atoms with Crippen LogP contribution in [0.4, 0.5) is 5.69 Å². The van der Waals surface area contributed by atoms with Crippen molar-refractivity contribution in [1.29, 1.82) is 0 Å². The van der Waals surface area contributed by atoms with Gasteiger partial charge in [-0.1, -0.05) is 127 Å². The molecule has 0 aliphatic rings. The summed E-state index contributed by atoms with van der Waals surface area (Å²) in [7, 11) is 0. The smallest absolute Gasteiger partial charge is 0.253 e. The van der Waals surface area contributed by atoms with Gasteiger partial charge in [0.2, 0.25) is 5.91 Å². The second kappa shape index (κ2) is 20.3. The number of para-hydroxylation sites is 2. The van der Waals surface area contributed by atoms with E-state index in [9.17, 15) is 9.59 Å². The van der Waals surface area contributed by atoms with Crippen LogP contribution in [0.2, 0.25) is 0 Å². The van der Waals surface area contributed by atoms with E-state index in [1.165, 1.54) is 83.5 Å². The highest BCUT2D eigenvalue weighted by Gasteiger charge is 2.09. The first-order valence-corrected chi connectivity index (χ1v) is 14.6. The maximum atomic E-state index is 12.4. The van der Waals surface area contributed by atoms with Gasteiger partial charge < -0.3 is 15.4 Å². The molecule has 0 bridgehead atoms. The Morgan fingerprint density at radius 1 is 0.649 bits per heavy atom. The highest BCUT2D eigenvalue weighted by molar-refractivity contribution is 5.94. The van der Waals surface area contributed by atoms with Crippen LogP contribution in [-0.4, -0.2) is 18.5 Å². The van der Waals surface area contributed by atoms with E-state index >= 15 is 0 Å². The van der Waals surface area contributed by atoms with Gasteiger partial charge in [0.05, 0.1) is 5.69 Å². The summed E-state index contributed by atoms with van der Waals surface area (Å²) in [4.78, 5) is 24.6. The van der Waals surface area contributed by atoms with Gasteiger partial charge >= 0.3 is 0 Å². The molecule has 2 aromatic carbocycles. The molecule has 2 amide bonds. The van der Waals surface area contributed by atoms with E-state index in [0.29, 0.717) is 23.4 Å². The molecule has 0 radical (unpaired) electrons. The lowest BCUT2D eigenvalue weighted by Gasteiger charge is -2.13. The Morgan fingerprint density at radius 2 is 1.16 bits per heavy atom. The predicted molar refractivity (Wildman–Crippen MR) is 154 cm³/mol. The van der Waals surface area contributed by atoms with Gasteiger partial charge in [-0.2, -0.15) is 0 Å². The van der Waals surface area contributed by atoms with E-state index in [-0.39, 0.29) is 18.5 Å². The molecule has 2 rings (SSSR count). The number of anilines is 1. The van der Waals surface area contributed by atoms with E-state index in [2.05, 4.69) is 17.6 Å². The summed E-state index contributed by atoms with van der Waals surface area (Å²) >= 11 is 0. The number of hydrogen-bond donors (Lipinski definition) is 2. The van der Waals surface area contributed by atoms with Crippen LogP contribution in [-0.2, 0) is 4.79 Å². The second-order valence-electron chi connectivity index (χ2n) is 9.90. The molecule has 2 N–H and O–H groups in total. The van der Waals surface area contributed by atoms with Gasteiger partial charge in [0.15, 0.2) is 6.73 Å². The van der Waals surface area contributed by atoms with Crippen LogP contribution in [0.25, 0.3) is 0 Å². The quantitative estimate of drug-likeness (QED) is 0.131. The molecule has 0 aliphatic heterocycles. The molecule has 2 aromatic rings. The lowest BCUT2D eigenvalue weighted by atomic mass is 10.0. The highest BCUT2D eigenvalue weighted by Crippen LogP contribution is 2.24. The molecule has 0 aromatic heterocycles. The molecule has 5 nitrogen and oxygen atoms in total. The van der Waals surface area contributed by atoms with Crippen LogP contribution in [0.5, 0.6) is 5.75 Å². The van der Waals surface area contributed by atoms with E-state index in [1.807, 2.05) is 36.4 Å². The summed E-state index contributed by atoms with van der Waals surface area (Å²) in [6.07, 6.45) is 20.2. The Kier molecular flexibility index (Phi) is 16.6. The van der Waals surface area contributed by atoms with E-state index in [0.717, 1.165) is 12.8 Å². The molecule has 204 valence electrons. The maximum Gasteiger partial charge on any atom is 0.253 e. The number of carbonyl (C=O) groups excluding carboxylic acids is 2. The highest BCUT2D eigenvalue weighted by atomic mass is 16.5. The van der Waals surface area contributed by atoms with Crippen molar-refractivity contribution in [2.45, 2.75) is 110 Å². The summed E-state index contributed by atoms with van der Waals surface area (Å²) in [5.41, 5.74) is 1.21. The Morgan fingerprint density at radius 3 is 1.76 bits per heavy atom. The van der Waals surface area contributed by atoms with Crippen LogP contribution in [0.15, 0.2) is 54.6 Å². The van der Waals surface area contributed by atoms with Crippen LogP contribution >= 0.6 is 0 Å². The molecule has 0 spiro atoms. The van der Waals surface area contributed by atoms with Gasteiger partial charge in [-0.25, -0.2) is 0 Å². The first kappa shape index (κ1) is 30.4. The first-order valence-electron chi connectivity index (χ1n) is 14.6. The normalized spacial score (nSPS) is 10.7. The van der Waals surface area contributed by atoms with Gasteiger partial charge in [0, 0.05) is 12.0 Å². The average Bonchev–Trinajstić information content (AvgIpc) is 2.92. The van der Waals surface area contributed by atoms with E-state index in [4.69, 9.17) is 4.74 Å². The lowest BCUT2D eigenvalue weighted by molar-refractivity contribution is -0.116. The molecule has 0 fully saturated rings. The van der Waals surface area contributed by atoms with Crippen molar-refractivity contribution in [2.24, 2.45) is 0 Å². The molecular weight excluding hydrogens is 460 g/mol. The SMILES string of the molecule is CCCCCCCCCCCCCCCCCC(=O)Nc1ccccc1OCNC(=O)c1ccccc1. The number of amides is 2. The maximum absolute atomic E-state index is 12.4. The fourth-order valence-electron chi connectivity index (χ4n) is 4.44. The molecule has 5 heteroatoms. The van der Waals surface area contributed by atoms with Crippen molar-refractivity contribution in [3.05, 3.63) is 60.2 Å². The van der Waals surface area contributed by atoms with Crippen LogP contribution < -0.4 is 15.4 Å². The monoisotopic (exact) mass is 508 g/mol. The van der Waals surface area contributed by atoms with Crippen molar-refractivity contribution in [3.8, 4) is 5.75 Å². The number of carbonyl (C=O) groups is 2. The third-order valence-corrected chi connectivity index (χ3v) is 6.66. The third-order valence-electron chi connectivity index (χ3n) is 6.66. The zero-order valence-electron chi connectivity index (χ0n) is 22.9. The molecule has 0 saturated heterocycles. The summed E-state index contributed by atoms with van der Waals surface area (Å²) in [5.74, 6) is 0.343. The topological polar surface area (TPSA) is 67.4 Å². The lowest BCUT2D eigenvalue weighted by Crippen LogP contribution is -2.27. The zero-order chi connectivity index (χ0) is 26.4. The van der Waals surface area contributed by atoms with Crippen LogP contribution in [0, 0.1) is 0 Å². The van der Waals surface area contributed by atoms with Gasteiger partial charge in [-0.3, -0.25) is 9.59 Å². The second-order valence-corrected chi connectivity index (χ2v) is 9.90. The predicted octanol–water partition coefficient (Wildman–Crippen LogP) is 8.65. The van der Waals surface area contributed by atoms with E-state index in [1.54, 1.807) is 18.2 Å². The van der Waals surface area contributed by atoms with Gasteiger partial charge in [0.1, 0.15) is 5.75 Å². The van der Waals surface area contributed by atoms with E-state index < -0.39 is 0 Å². The minimum atomic E-state index is -0.199. The zero-order valence-corrected chi connectivity index (χ0v) is 22.9. The first-order chi connectivity index (χ1) is 18.2. The minimum absolute atomic E-state index is 0.000866. The summed E-state index contributed by atoms with van der Waals surface area (Å²) in [6.45, 7) is 2.30. The van der Waals surface area contributed by atoms with Crippen molar-refractivity contribution in [1.82, 2.24) is 5.32 Å². The largest absolute Gasteiger partial charge is 0.471 e. The van der Waals surface area contributed by atoms with Gasteiger partial charge in [-0.15, -0.1) is 0 Å². The molecule has 0 atom stereocenters. The minimum Gasteiger partial charge on any atom is -0.471 e. The van der Waals surface area contributed by atoms with Crippen molar-refractivity contribution < 1.29 is 14.3 Å². The number of ether oxygens (including phenoxy) is 1. The molecular formula is C32H48N2O3. The van der Waals surface area contributed by atoms with Gasteiger partial charge in [-0.05, 0) is 30.7 Å². The third kappa shape index (κ3) is 14.5. The van der Waals surface area contributed by atoms with Crippen molar-refractivity contribution >= 4 is 17.5 Å². The number of benzene rings is 2. The Labute approximate surface area is 224 Å². The fraction of sp³-hybridized carbons (Fsp3) is 0.562. The van der Waals surface area contributed by atoms with Crippen molar-refractivity contribution in [2.75, 3.05) is 12.0 Å². The van der Waals surface area contributed by atoms with Crippen LogP contribution in [0.3, 0.4) is 0 Å². The summed E-state index contributed by atoms with van der Waals surface area (Å²) in [6, 6.07) is 16.3. The molecule has 0 heterocycles.